The van der Waals surface area contributed by atoms with Crippen molar-refractivity contribution in [2.45, 2.75) is 31.1 Å². The SMILES string of the molecule is O=C(O)CC1(c2cccc(F)c2)CCC1. The summed E-state index contributed by atoms with van der Waals surface area (Å²) in [5, 5.41) is 8.85. The molecule has 0 unspecified atom stereocenters. The molecular formula is C12H13FO2. The largest absolute Gasteiger partial charge is 0.481 e. The van der Waals surface area contributed by atoms with Crippen molar-refractivity contribution < 1.29 is 14.3 Å². The van der Waals surface area contributed by atoms with E-state index < -0.39 is 5.97 Å². The zero-order valence-electron chi connectivity index (χ0n) is 8.37. The molecule has 0 atom stereocenters. The fourth-order valence-corrected chi connectivity index (χ4v) is 2.28. The number of benzene rings is 1. The quantitative estimate of drug-likeness (QED) is 0.829. The van der Waals surface area contributed by atoms with E-state index in [1.54, 1.807) is 6.07 Å². The van der Waals surface area contributed by atoms with E-state index in [-0.39, 0.29) is 17.7 Å². The molecule has 0 radical (unpaired) electrons. The first kappa shape index (κ1) is 10.1. The van der Waals surface area contributed by atoms with Gasteiger partial charge in [0.25, 0.3) is 0 Å². The van der Waals surface area contributed by atoms with Crippen molar-refractivity contribution in [3.05, 3.63) is 35.6 Å². The van der Waals surface area contributed by atoms with Crippen LogP contribution in [0, 0.1) is 5.82 Å². The lowest BCUT2D eigenvalue weighted by molar-refractivity contribution is -0.139. The predicted octanol–water partition coefficient (Wildman–Crippen LogP) is 2.72. The molecule has 0 spiro atoms. The Hall–Kier alpha value is -1.38. The van der Waals surface area contributed by atoms with Gasteiger partial charge in [0.15, 0.2) is 0 Å². The van der Waals surface area contributed by atoms with Gasteiger partial charge in [0.1, 0.15) is 5.82 Å². The van der Waals surface area contributed by atoms with Crippen LogP contribution in [0.5, 0.6) is 0 Å². The van der Waals surface area contributed by atoms with Crippen molar-refractivity contribution in [1.82, 2.24) is 0 Å². The van der Waals surface area contributed by atoms with E-state index in [9.17, 15) is 9.18 Å². The van der Waals surface area contributed by atoms with Crippen LogP contribution in [-0.4, -0.2) is 11.1 Å². The molecule has 1 fully saturated rings. The predicted molar refractivity (Wildman–Crippen MR) is 54.2 cm³/mol. The van der Waals surface area contributed by atoms with Crippen LogP contribution in [0.1, 0.15) is 31.2 Å². The summed E-state index contributed by atoms with van der Waals surface area (Å²) in [5.74, 6) is -1.09. The molecule has 3 heteroatoms. The van der Waals surface area contributed by atoms with E-state index in [2.05, 4.69) is 0 Å². The Bertz CT molecular complexity index is 383. The average molecular weight is 208 g/mol. The molecule has 2 rings (SSSR count). The number of carboxylic acid groups (broad SMARTS) is 1. The number of aliphatic carboxylic acids is 1. The number of rotatable bonds is 3. The average Bonchev–Trinajstić information content (AvgIpc) is 2.11. The lowest BCUT2D eigenvalue weighted by Crippen LogP contribution is -2.36. The number of halogens is 1. The van der Waals surface area contributed by atoms with E-state index in [0.717, 1.165) is 24.8 Å². The minimum Gasteiger partial charge on any atom is -0.481 e. The summed E-state index contributed by atoms with van der Waals surface area (Å²) < 4.78 is 13.0. The van der Waals surface area contributed by atoms with Gasteiger partial charge in [-0.25, -0.2) is 4.39 Å². The maximum absolute atomic E-state index is 13.0. The van der Waals surface area contributed by atoms with E-state index in [0.29, 0.717) is 0 Å². The number of hydrogen-bond acceptors (Lipinski definition) is 1. The topological polar surface area (TPSA) is 37.3 Å². The summed E-state index contributed by atoms with van der Waals surface area (Å²) in [6, 6.07) is 6.32. The van der Waals surface area contributed by atoms with Crippen LogP contribution < -0.4 is 0 Å². The lowest BCUT2D eigenvalue weighted by Gasteiger charge is -2.41. The van der Waals surface area contributed by atoms with Crippen molar-refractivity contribution >= 4 is 5.97 Å². The van der Waals surface area contributed by atoms with Gasteiger partial charge in [0.2, 0.25) is 0 Å². The van der Waals surface area contributed by atoms with Crippen LogP contribution in [0.4, 0.5) is 4.39 Å². The maximum Gasteiger partial charge on any atom is 0.304 e. The monoisotopic (exact) mass is 208 g/mol. The highest BCUT2D eigenvalue weighted by molar-refractivity contribution is 5.69. The summed E-state index contributed by atoms with van der Waals surface area (Å²) in [5.41, 5.74) is 0.518. The summed E-state index contributed by atoms with van der Waals surface area (Å²) >= 11 is 0. The lowest BCUT2D eigenvalue weighted by atomic mass is 9.62. The highest BCUT2D eigenvalue weighted by Crippen LogP contribution is 2.46. The van der Waals surface area contributed by atoms with Crippen LogP contribution in [0.25, 0.3) is 0 Å². The first-order valence-electron chi connectivity index (χ1n) is 5.10. The summed E-state index contributed by atoms with van der Waals surface area (Å²) in [6.07, 6.45) is 2.84. The van der Waals surface area contributed by atoms with E-state index in [4.69, 9.17) is 5.11 Å². The fraction of sp³-hybridized carbons (Fsp3) is 0.417. The van der Waals surface area contributed by atoms with Gasteiger partial charge in [-0.15, -0.1) is 0 Å². The van der Waals surface area contributed by atoms with Gasteiger partial charge in [0.05, 0.1) is 6.42 Å². The Morgan fingerprint density at radius 2 is 2.20 bits per heavy atom. The molecule has 0 aromatic heterocycles. The zero-order valence-corrected chi connectivity index (χ0v) is 8.37. The fourth-order valence-electron chi connectivity index (χ4n) is 2.28. The van der Waals surface area contributed by atoms with Crippen molar-refractivity contribution in [2.75, 3.05) is 0 Å². The van der Waals surface area contributed by atoms with Crippen molar-refractivity contribution in [2.24, 2.45) is 0 Å². The normalized spacial score (nSPS) is 18.2. The Morgan fingerprint density at radius 1 is 1.47 bits per heavy atom. The minimum absolute atomic E-state index is 0.108. The third-order valence-electron chi connectivity index (χ3n) is 3.24. The van der Waals surface area contributed by atoms with Crippen LogP contribution in [0.15, 0.2) is 24.3 Å². The van der Waals surface area contributed by atoms with Crippen LogP contribution in [0.2, 0.25) is 0 Å². The second-order valence-corrected chi connectivity index (χ2v) is 4.21. The zero-order chi connectivity index (χ0) is 10.9. The van der Waals surface area contributed by atoms with E-state index >= 15 is 0 Å². The molecule has 15 heavy (non-hydrogen) atoms. The molecule has 1 aromatic rings. The first-order valence-corrected chi connectivity index (χ1v) is 5.10. The number of carbonyl (C=O) groups is 1. The molecule has 1 N–H and O–H groups in total. The van der Waals surface area contributed by atoms with Gasteiger partial charge in [-0.05, 0) is 30.5 Å². The van der Waals surface area contributed by atoms with Gasteiger partial charge in [-0.3, -0.25) is 4.79 Å². The molecule has 0 saturated heterocycles. The molecular weight excluding hydrogens is 195 g/mol. The molecule has 1 saturated carbocycles. The second-order valence-electron chi connectivity index (χ2n) is 4.21. The van der Waals surface area contributed by atoms with Crippen LogP contribution >= 0.6 is 0 Å². The van der Waals surface area contributed by atoms with Gasteiger partial charge >= 0.3 is 5.97 Å². The molecule has 80 valence electrons. The molecule has 0 amide bonds. The third-order valence-corrected chi connectivity index (χ3v) is 3.24. The molecule has 0 bridgehead atoms. The molecule has 1 aliphatic rings. The smallest absolute Gasteiger partial charge is 0.304 e. The van der Waals surface area contributed by atoms with E-state index in [1.807, 2.05) is 6.07 Å². The molecule has 0 aliphatic heterocycles. The standard InChI is InChI=1S/C12H13FO2/c13-10-4-1-3-9(7-10)12(5-2-6-12)8-11(14)15/h1,3-4,7H,2,5-6,8H2,(H,14,15). The minimum atomic E-state index is -0.807. The Labute approximate surface area is 87.7 Å². The highest BCUT2D eigenvalue weighted by atomic mass is 19.1. The third kappa shape index (κ3) is 1.87. The van der Waals surface area contributed by atoms with Crippen molar-refractivity contribution in [3.8, 4) is 0 Å². The maximum atomic E-state index is 13.0. The second kappa shape index (κ2) is 3.65. The van der Waals surface area contributed by atoms with Gasteiger partial charge in [-0.1, -0.05) is 18.6 Å². The summed E-state index contributed by atoms with van der Waals surface area (Å²) in [7, 11) is 0. The molecule has 1 aromatic carbocycles. The van der Waals surface area contributed by atoms with Crippen molar-refractivity contribution in [1.29, 1.82) is 0 Å². The van der Waals surface area contributed by atoms with E-state index in [1.165, 1.54) is 12.1 Å². The molecule has 1 aliphatic carbocycles. The van der Waals surface area contributed by atoms with Gasteiger partial charge in [-0.2, -0.15) is 0 Å². The van der Waals surface area contributed by atoms with Crippen molar-refractivity contribution in [3.63, 3.8) is 0 Å². The molecule has 0 heterocycles. The first-order chi connectivity index (χ1) is 7.12. The van der Waals surface area contributed by atoms with Gasteiger partial charge in [0, 0.05) is 5.41 Å². The van der Waals surface area contributed by atoms with Crippen LogP contribution in [0.3, 0.4) is 0 Å². The number of carboxylic acids is 1. The summed E-state index contributed by atoms with van der Waals surface area (Å²) in [4.78, 5) is 10.8. The highest BCUT2D eigenvalue weighted by Gasteiger charge is 2.40. The van der Waals surface area contributed by atoms with Crippen LogP contribution in [-0.2, 0) is 10.2 Å². The number of hydrogen-bond donors (Lipinski definition) is 1. The Morgan fingerprint density at radius 3 is 2.67 bits per heavy atom. The molecule has 2 nitrogen and oxygen atoms in total. The van der Waals surface area contributed by atoms with Gasteiger partial charge < -0.3 is 5.11 Å². The summed E-state index contributed by atoms with van der Waals surface area (Å²) in [6.45, 7) is 0. The Kier molecular flexibility index (Phi) is 2.47. The Balaban J connectivity index is 2.29.